The predicted octanol–water partition coefficient (Wildman–Crippen LogP) is 3.01. The van der Waals surface area contributed by atoms with Gasteiger partial charge in [-0.05, 0) is 37.5 Å². The van der Waals surface area contributed by atoms with E-state index in [9.17, 15) is 49.7 Å². The largest absolute Gasteiger partial charge is 0.534 e. The van der Waals surface area contributed by atoms with Crippen LogP contribution >= 0.6 is 0 Å². The minimum atomic E-state index is -6.22. The molecule has 0 spiro atoms. The van der Waals surface area contributed by atoms with Crippen LogP contribution in [0.4, 0.5) is 32.0 Å². The van der Waals surface area contributed by atoms with E-state index in [1.54, 1.807) is 0 Å². The Bertz CT molecular complexity index is 970. The van der Waals surface area contributed by atoms with Gasteiger partial charge >= 0.3 is 33.4 Å². The van der Waals surface area contributed by atoms with Gasteiger partial charge in [0.15, 0.2) is 0 Å². The molecule has 0 N–H and O–H groups in total. The van der Waals surface area contributed by atoms with Gasteiger partial charge in [-0.3, -0.25) is 14.9 Å². The SMILES string of the molecule is CC1(C)c2cc([N+](=O)[O-])c(OS(=O)(=O)C(F)(F)F)cc2CCN1C(=O)C(F)(F)F. The zero-order valence-corrected chi connectivity index (χ0v) is 15.4. The van der Waals surface area contributed by atoms with E-state index in [0.29, 0.717) is 17.0 Å². The maximum absolute atomic E-state index is 12.8. The number of halogens is 6. The number of benzene rings is 1. The van der Waals surface area contributed by atoms with E-state index < -0.39 is 56.2 Å². The van der Waals surface area contributed by atoms with Crippen LogP contribution in [-0.4, -0.2) is 42.4 Å². The Morgan fingerprint density at radius 1 is 1.21 bits per heavy atom. The monoisotopic (exact) mass is 450 g/mol. The topological polar surface area (TPSA) is 107 Å². The first-order chi connectivity index (χ1) is 12.9. The molecule has 1 amide bonds. The first-order valence-electron chi connectivity index (χ1n) is 7.61. The molecular formula is C14H12F6N2O6S. The maximum atomic E-state index is 12.8. The number of rotatable bonds is 3. The van der Waals surface area contributed by atoms with Crippen LogP contribution in [0.15, 0.2) is 12.1 Å². The van der Waals surface area contributed by atoms with Crippen molar-refractivity contribution in [3.8, 4) is 5.75 Å². The Labute approximate surface area is 159 Å². The molecule has 2 rings (SSSR count). The molecule has 0 atom stereocenters. The Morgan fingerprint density at radius 2 is 1.76 bits per heavy atom. The van der Waals surface area contributed by atoms with Crippen molar-refractivity contribution >= 4 is 21.7 Å². The van der Waals surface area contributed by atoms with E-state index in [0.717, 1.165) is 13.8 Å². The zero-order chi connectivity index (χ0) is 22.6. The third-order valence-electron chi connectivity index (χ3n) is 4.29. The summed E-state index contributed by atoms with van der Waals surface area (Å²) < 4.78 is 102. The van der Waals surface area contributed by atoms with Crippen LogP contribution in [0.25, 0.3) is 0 Å². The highest BCUT2D eigenvalue weighted by Crippen LogP contribution is 2.43. The summed E-state index contributed by atoms with van der Waals surface area (Å²) >= 11 is 0. The molecule has 0 aromatic heterocycles. The highest BCUT2D eigenvalue weighted by molar-refractivity contribution is 7.88. The summed E-state index contributed by atoms with van der Waals surface area (Å²) in [5.74, 6) is -3.44. The number of nitro benzene ring substituents is 1. The molecule has 1 aromatic carbocycles. The van der Waals surface area contributed by atoms with Gasteiger partial charge < -0.3 is 9.08 Å². The standard InChI is InChI=1S/C14H12F6N2O6S/c1-12(2)8-6-9(22(24)25)10(28-29(26,27)14(18,19)20)5-7(8)3-4-21(12)11(23)13(15,16)17/h5-6H,3-4H2,1-2H3. The molecule has 0 radical (unpaired) electrons. The molecule has 29 heavy (non-hydrogen) atoms. The average molecular weight is 450 g/mol. The summed E-state index contributed by atoms with van der Waals surface area (Å²) in [5.41, 5.74) is -8.96. The lowest BCUT2D eigenvalue weighted by Crippen LogP contribution is -2.54. The van der Waals surface area contributed by atoms with Crippen molar-refractivity contribution in [2.75, 3.05) is 6.54 Å². The van der Waals surface area contributed by atoms with E-state index in [1.807, 2.05) is 0 Å². The second-order valence-corrected chi connectivity index (χ2v) is 8.02. The highest BCUT2D eigenvalue weighted by atomic mass is 32.2. The van der Waals surface area contributed by atoms with Crippen LogP contribution in [0.2, 0.25) is 0 Å². The van der Waals surface area contributed by atoms with E-state index in [-0.39, 0.29) is 17.5 Å². The summed E-state index contributed by atoms with van der Waals surface area (Å²) in [4.78, 5) is 22.1. The van der Waals surface area contributed by atoms with E-state index in [2.05, 4.69) is 4.18 Å². The summed E-state index contributed by atoms with van der Waals surface area (Å²) in [6.45, 7) is 1.80. The Kier molecular flexibility index (Phi) is 5.28. The van der Waals surface area contributed by atoms with Gasteiger partial charge in [-0.15, -0.1) is 0 Å². The fraction of sp³-hybridized carbons (Fsp3) is 0.500. The lowest BCUT2D eigenvalue weighted by atomic mass is 9.82. The number of alkyl halides is 6. The second-order valence-electron chi connectivity index (χ2n) is 6.48. The minimum absolute atomic E-state index is 0.000742. The summed E-state index contributed by atoms with van der Waals surface area (Å²) in [7, 11) is -6.22. The van der Waals surface area contributed by atoms with Crippen LogP contribution in [-0.2, 0) is 26.9 Å². The normalized spacial score (nSPS) is 16.9. The lowest BCUT2D eigenvalue weighted by Gasteiger charge is -2.43. The molecule has 0 aliphatic carbocycles. The molecule has 0 bridgehead atoms. The first kappa shape index (κ1) is 22.7. The lowest BCUT2D eigenvalue weighted by molar-refractivity contribution is -0.385. The summed E-state index contributed by atoms with van der Waals surface area (Å²) in [6, 6.07) is 1.25. The van der Waals surface area contributed by atoms with E-state index in [4.69, 9.17) is 0 Å². The van der Waals surface area contributed by atoms with Gasteiger partial charge in [0, 0.05) is 12.6 Å². The maximum Gasteiger partial charge on any atom is 0.534 e. The first-order valence-corrected chi connectivity index (χ1v) is 9.01. The molecule has 8 nitrogen and oxygen atoms in total. The Hall–Kier alpha value is -2.58. The van der Waals surface area contributed by atoms with Gasteiger partial charge in [0.1, 0.15) is 0 Å². The van der Waals surface area contributed by atoms with Gasteiger partial charge in [-0.2, -0.15) is 34.8 Å². The quantitative estimate of drug-likeness (QED) is 0.230. The van der Waals surface area contributed by atoms with Crippen molar-refractivity contribution < 1.29 is 48.7 Å². The Balaban J connectivity index is 2.61. The molecule has 0 saturated carbocycles. The molecule has 1 aliphatic heterocycles. The zero-order valence-electron chi connectivity index (χ0n) is 14.6. The van der Waals surface area contributed by atoms with Gasteiger partial charge in [0.25, 0.3) is 0 Å². The number of hydrogen-bond acceptors (Lipinski definition) is 6. The number of amides is 1. The van der Waals surface area contributed by atoms with Gasteiger partial charge in [0.2, 0.25) is 5.75 Å². The smallest absolute Gasteiger partial charge is 0.369 e. The third-order valence-corrected chi connectivity index (χ3v) is 5.26. The molecule has 1 aliphatic rings. The number of nitrogens with zero attached hydrogens (tertiary/aromatic N) is 2. The number of nitro groups is 1. The molecule has 15 heteroatoms. The number of fused-ring (bicyclic) bond motifs is 1. The Morgan fingerprint density at radius 3 is 2.21 bits per heavy atom. The second kappa shape index (κ2) is 6.74. The van der Waals surface area contributed by atoms with Crippen LogP contribution in [0.1, 0.15) is 25.0 Å². The number of carbonyl (C=O) groups is 1. The molecular weight excluding hydrogens is 438 g/mol. The summed E-state index contributed by atoms with van der Waals surface area (Å²) in [5, 5.41) is 11.2. The molecule has 0 fully saturated rings. The summed E-state index contributed by atoms with van der Waals surface area (Å²) in [6.07, 6.45) is -5.55. The van der Waals surface area contributed by atoms with Crippen molar-refractivity contribution in [3.05, 3.63) is 33.4 Å². The highest BCUT2D eigenvalue weighted by Gasteiger charge is 2.51. The van der Waals surface area contributed by atoms with Crippen LogP contribution in [0.3, 0.4) is 0 Å². The molecule has 1 aromatic rings. The fourth-order valence-corrected chi connectivity index (χ4v) is 3.39. The third kappa shape index (κ3) is 4.09. The van der Waals surface area contributed by atoms with Crippen molar-refractivity contribution in [2.24, 2.45) is 0 Å². The molecule has 162 valence electrons. The number of carbonyl (C=O) groups excluding carboxylic acids is 1. The van der Waals surface area contributed by atoms with Gasteiger partial charge in [0.05, 0.1) is 10.5 Å². The van der Waals surface area contributed by atoms with Crippen molar-refractivity contribution in [3.63, 3.8) is 0 Å². The minimum Gasteiger partial charge on any atom is -0.369 e. The van der Waals surface area contributed by atoms with E-state index >= 15 is 0 Å². The molecule has 0 unspecified atom stereocenters. The van der Waals surface area contributed by atoms with Crippen LogP contribution < -0.4 is 4.18 Å². The van der Waals surface area contributed by atoms with Crippen molar-refractivity contribution in [2.45, 2.75) is 37.5 Å². The van der Waals surface area contributed by atoms with Gasteiger partial charge in [-0.1, -0.05) is 0 Å². The van der Waals surface area contributed by atoms with Crippen LogP contribution in [0.5, 0.6) is 5.75 Å². The molecule has 1 heterocycles. The molecule has 0 saturated heterocycles. The fourth-order valence-electron chi connectivity index (χ4n) is 2.93. The van der Waals surface area contributed by atoms with E-state index in [1.165, 1.54) is 0 Å². The van der Waals surface area contributed by atoms with Crippen LogP contribution in [0, 0.1) is 10.1 Å². The predicted molar refractivity (Wildman–Crippen MR) is 83.2 cm³/mol. The average Bonchev–Trinajstić information content (AvgIpc) is 2.51. The van der Waals surface area contributed by atoms with Crippen molar-refractivity contribution in [1.82, 2.24) is 4.90 Å². The number of hydrogen-bond donors (Lipinski definition) is 0. The van der Waals surface area contributed by atoms with Gasteiger partial charge in [-0.25, -0.2) is 0 Å². The van der Waals surface area contributed by atoms with Crippen molar-refractivity contribution in [1.29, 1.82) is 0 Å².